The van der Waals surface area contributed by atoms with Crippen LogP contribution >= 0.6 is 0 Å². The lowest BCUT2D eigenvalue weighted by Gasteiger charge is -2.29. The van der Waals surface area contributed by atoms with Gasteiger partial charge in [0.15, 0.2) is 0 Å². The Bertz CT molecular complexity index is 682. The Morgan fingerprint density at radius 3 is 2.55 bits per heavy atom. The molecule has 1 heterocycles. The lowest BCUT2D eigenvalue weighted by Crippen LogP contribution is -2.38. The van der Waals surface area contributed by atoms with E-state index in [9.17, 15) is 4.79 Å². The van der Waals surface area contributed by atoms with Crippen LogP contribution in [0.3, 0.4) is 0 Å². The molecule has 0 aliphatic carbocycles. The summed E-state index contributed by atoms with van der Waals surface area (Å²) in [5.74, 6) is 0.821. The predicted octanol–water partition coefficient (Wildman–Crippen LogP) is 2.67. The Labute approximate surface area is 130 Å². The van der Waals surface area contributed by atoms with E-state index in [2.05, 4.69) is 12.1 Å². The van der Waals surface area contributed by atoms with Crippen molar-refractivity contribution in [2.24, 2.45) is 0 Å². The molecule has 0 saturated heterocycles. The molecule has 1 aliphatic rings. The number of carbonyl (C=O) groups is 1. The van der Waals surface area contributed by atoms with Gasteiger partial charge in [0.25, 0.3) is 0 Å². The second kappa shape index (κ2) is 6.20. The van der Waals surface area contributed by atoms with Crippen molar-refractivity contribution in [2.45, 2.75) is 13.2 Å². The standard InChI is InChI=1S/C18H20N2O2/c1-19(2)12-18(21)20-11-14-7-3-4-8-15(14)13-22-17-10-6-5-9-16(17)20/h3-10H,11-13H2,1-2H3. The van der Waals surface area contributed by atoms with Crippen LogP contribution in [-0.2, 0) is 17.9 Å². The summed E-state index contributed by atoms with van der Waals surface area (Å²) in [5.41, 5.74) is 3.09. The number of para-hydroxylation sites is 2. The van der Waals surface area contributed by atoms with Gasteiger partial charge in [0.1, 0.15) is 12.4 Å². The van der Waals surface area contributed by atoms with Crippen LogP contribution < -0.4 is 9.64 Å². The van der Waals surface area contributed by atoms with E-state index in [0.717, 1.165) is 22.6 Å². The molecule has 3 rings (SSSR count). The minimum absolute atomic E-state index is 0.0674. The molecule has 0 radical (unpaired) electrons. The molecule has 0 bridgehead atoms. The van der Waals surface area contributed by atoms with E-state index in [-0.39, 0.29) is 5.91 Å². The summed E-state index contributed by atoms with van der Waals surface area (Å²) in [6.45, 7) is 1.47. The number of ether oxygens (including phenoxy) is 1. The summed E-state index contributed by atoms with van der Waals surface area (Å²) in [6.07, 6.45) is 0. The number of rotatable bonds is 2. The second-order valence-corrected chi connectivity index (χ2v) is 5.74. The van der Waals surface area contributed by atoms with Crippen molar-refractivity contribution in [1.82, 2.24) is 4.90 Å². The predicted molar refractivity (Wildman–Crippen MR) is 87.0 cm³/mol. The van der Waals surface area contributed by atoms with Crippen LogP contribution in [0.2, 0.25) is 0 Å². The van der Waals surface area contributed by atoms with Gasteiger partial charge in [-0.25, -0.2) is 0 Å². The van der Waals surface area contributed by atoms with E-state index >= 15 is 0 Å². The maximum atomic E-state index is 12.7. The summed E-state index contributed by atoms with van der Waals surface area (Å²) < 4.78 is 5.93. The molecule has 1 amide bonds. The monoisotopic (exact) mass is 296 g/mol. The highest BCUT2D eigenvalue weighted by molar-refractivity contribution is 5.96. The van der Waals surface area contributed by atoms with E-state index in [1.165, 1.54) is 0 Å². The molecular formula is C18H20N2O2. The van der Waals surface area contributed by atoms with Crippen molar-refractivity contribution in [3.8, 4) is 5.75 Å². The molecule has 0 unspecified atom stereocenters. The summed E-state index contributed by atoms with van der Waals surface area (Å²) >= 11 is 0. The summed E-state index contributed by atoms with van der Waals surface area (Å²) in [4.78, 5) is 16.4. The molecule has 4 nitrogen and oxygen atoms in total. The van der Waals surface area contributed by atoms with E-state index in [4.69, 9.17) is 4.74 Å². The molecule has 1 aliphatic heterocycles. The van der Waals surface area contributed by atoms with E-state index in [0.29, 0.717) is 19.7 Å². The van der Waals surface area contributed by atoms with Crippen LogP contribution in [-0.4, -0.2) is 31.4 Å². The topological polar surface area (TPSA) is 32.8 Å². The maximum absolute atomic E-state index is 12.7. The van der Waals surface area contributed by atoms with Crippen LogP contribution in [0, 0.1) is 0 Å². The number of nitrogens with zero attached hydrogens (tertiary/aromatic N) is 2. The molecular weight excluding hydrogens is 276 g/mol. The Balaban J connectivity index is 2.02. The van der Waals surface area contributed by atoms with Crippen molar-refractivity contribution in [2.75, 3.05) is 25.5 Å². The smallest absolute Gasteiger partial charge is 0.241 e. The molecule has 2 aromatic carbocycles. The fourth-order valence-electron chi connectivity index (χ4n) is 2.64. The van der Waals surface area contributed by atoms with Gasteiger partial charge in [-0.3, -0.25) is 4.79 Å². The third-order valence-corrected chi connectivity index (χ3v) is 3.74. The highest BCUT2D eigenvalue weighted by Gasteiger charge is 2.23. The number of amides is 1. The molecule has 0 saturated carbocycles. The molecule has 0 fully saturated rings. The van der Waals surface area contributed by atoms with Gasteiger partial charge >= 0.3 is 0 Å². The van der Waals surface area contributed by atoms with Crippen molar-refractivity contribution >= 4 is 11.6 Å². The van der Waals surface area contributed by atoms with E-state index in [1.807, 2.05) is 60.3 Å². The quantitative estimate of drug-likeness (QED) is 0.854. The summed E-state index contributed by atoms with van der Waals surface area (Å²) in [6, 6.07) is 15.8. The number of fused-ring (bicyclic) bond motifs is 2. The highest BCUT2D eigenvalue weighted by Crippen LogP contribution is 2.32. The Morgan fingerprint density at radius 2 is 1.77 bits per heavy atom. The number of likely N-dealkylation sites (N-methyl/N-ethyl adjacent to an activating group) is 1. The summed E-state index contributed by atoms with van der Waals surface area (Å²) in [5, 5.41) is 0. The SMILES string of the molecule is CN(C)CC(=O)N1Cc2ccccc2COc2ccccc21. The zero-order valence-electron chi connectivity index (χ0n) is 13.0. The molecule has 4 heteroatoms. The Hall–Kier alpha value is -2.33. The van der Waals surface area contributed by atoms with Gasteiger partial charge in [-0.15, -0.1) is 0 Å². The fourth-order valence-corrected chi connectivity index (χ4v) is 2.64. The normalized spacial score (nSPS) is 13.7. The molecule has 0 atom stereocenters. The second-order valence-electron chi connectivity index (χ2n) is 5.74. The lowest BCUT2D eigenvalue weighted by molar-refractivity contribution is -0.119. The largest absolute Gasteiger partial charge is 0.487 e. The van der Waals surface area contributed by atoms with Gasteiger partial charge in [0, 0.05) is 0 Å². The lowest BCUT2D eigenvalue weighted by atomic mass is 10.1. The molecule has 0 aromatic heterocycles. The molecule has 0 spiro atoms. The number of carbonyl (C=O) groups excluding carboxylic acids is 1. The van der Waals surface area contributed by atoms with Crippen molar-refractivity contribution in [1.29, 1.82) is 0 Å². The first-order chi connectivity index (χ1) is 10.6. The first kappa shape index (κ1) is 14.6. The van der Waals surface area contributed by atoms with E-state index < -0.39 is 0 Å². The third kappa shape index (κ3) is 2.97. The van der Waals surface area contributed by atoms with Crippen molar-refractivity contribution < 1.29 is 9.53 Å². The zero-order valence-corrected chi connectivity index (χ0v) is 13.0. The number of benzene rings is 2. The van der Waals surface area contributed by atoms with Crippen molar-refractivity contribution in [3.05, 3.63) is 59.7 Å². The van der Waals surface area contributed by atoms with E-state index in [1.54, 1.807) is 0 Å². The minimum atomic E-state index is 0.0674. The number of hydrogen-bond donors (Lipinski definition) is 0. The van der Waals surface area contributed by atoms with Crippen LogP contribution in [0.1, 0.15) is 11.1 Å². The average molecular weight is 296 g/mol. The zero-order chi connectivity index (χ0) is 15.5. The van der Waals surface area contributed by atoms with Gasteiger partial charge in [-0.1, -0.05) is 36.4 Å². The molecule has 2 aromatic rings. The van der Waals surface area contributed by atoms with Gasteiger partial charge in [0.05, 0.1) is 18.8 Å². The molecule has 22 heavy (non-hydrogen) atoms. The third-order valence-electron chi connectivity index (χ3n) is 3.74. The average Bonchev–Trinajstić information content (AvgIpc) is 2.49. The first-order valence-electron chi connectivity index (χ1n) is 7.39. The van der Waals surface area contributed by atoms with Crippen molar-refractivity contribution in [3.63, 3.8) is 0 Å². The maximum Gasteiger partial charge on any atom is 0.241 e. The van der Waals surface area contributed by atoms with Gasteiger partial charge < -0.3 is 14.5 Å². The number of hydrogen-bond acceptors (Lipinski definition) is 3. The minimum Gasteiger partial charge on any atom is -0.487 e. The first-order valence-corrected chi connectivity index (χ1v) is 7.39. The van der Waals surface area contributed by atoms with Crippen LogP contribution in [0.5, 0.6) is 5.75 Å². The fraction of sp³-hybridized carbons (Fsp3) is 0.278. The van der Waals surface area contributed by atoms with Gasteiger partial charge in [-0.2, -0.15) is 0 Å². The summed E-state index contributed by atoms with van der Waals surface area (Å²) in [7, 11) is 3.80. The van der Waals surface area contributed by atoms with Gasteiger partial charge in [-0.05, 0) is 37.4 Å². The molecule has 114 valence electrons. The Kier molecular flexibility index (Phi) is 4.11. The number of anilines is 1. The molecule has 0 N–H and O–H groups in total. The van der Waals surface area contributed by atoms with Crippen LogP contribution in [0.4, 0.5) is 5.69 Å². The van der Waals surface area contributed by atoms with Crippen LogP contribution in [0.25, 0.3) is 0 Å². The highest BCUT2D eigenvalue weighted by atomic mass is 16.5. The van der Waals surface area contributed by atoms with Gasteiger partial charge in [0.2, 0.25) is 5.91 Å². The van der Waals surface area contributed by atoms with Crippen LogP contribution in [0.15, 0.2) is 48.5 Å². The Morgan fingerprint density at radius 1 is 1.09 bits per heavy atom.